The third kappa shape index (κ3) is 4.04. The van der Waals surface area contributed by atoms with Crippen LogP contribution in [0.2, 0.25) is 0 Å². The summed E-state index contributed by atoms with van der Waals surface area (Å²) < 4.78 is 2.09. The van der Waals surface area contributed by atoms with Gasteiger partial charge in [-0.3, -0.25) is 5.43 Å². The highest BCUT2D eigenvalue weighted by Gasteiger charge is 2.03. The van der Waals surface area contributed by atoms with Crippen LogP contribution in [0.4, 0.5) is 5.69 Å². The number of hydrazone groups is 1. The van der Waals surface area contributed by atoms with Gasteiger partial charge in [-0.05, 0) is 59.4 Å². The van der Waals surface area contributed by atoms with Gasteiger partial charge in [0.25, 0.3) is 0 Å². The summed E-state index contributed by atoms with van der Waals surface area (Å²) >= 11 is 5.27. The molecule has 4 nitrogen and oxygen atoms in total. The van der Waals surface area contributed by atoms with Gasteiger partial charge in [-0.15, -0.1) is 0 Å². The van der Waals surface area contributed by atoms with Gasteiger partial charge in [0.1, 0.15) is 0 Å². The molecule has 3 aromatic carbocycles. The number of anilines is 1. The first-order valence-electron chi connectivity index (χ1n) is 8.61. The molecule has 0 unspecified atom stereocenters. The van der Waals surface area contributed by atoms with Crippen molar-refractivity contribution >= 4 is 40.0 Å². The van der Waals surface area contributed by atoms with E-state index >= 15 is 0 Å². The molecule has 4 rings (SSSR count). The maximum Gasteiger partial charge on any atom is 0.191 e. The lowest BCUT2D eigenvalue weighted by molar-refractivity contribution is 1.03. The second kappa shape index (κ2) is 7.85. The summed E-state index contributed by atoms with van der Waals surface area (Å²) in [6, 6.07) is 28.5. The summed E-state index contributed by atoms with van der Waals surface area (Å²) in [5, 5.41) is 10.2. The fourth-order valence-electron chi connectivity index (χ4n) is 2.90. The molecule has 0 amide bonds. The largest absolute Gasteiger partial charge is 0.331 e. The zero-order chi connectivity index (χ0) is 18.5. The molecule has 0 aliphatic rings. The summed E-state index contributed by atoms with van der Waals surface area (Å²) in [7, 11) is 0. The second-order valence-electron chi connectivity index (χ2n) is 6.02. The molecule has 0 atom stereocenters. The number of rotatable bonds is 4. The van der Waals surface area contributed by atoms with Crippen LogP contribution in [-0.2, 0) is 0 Å². The van der Waals surface area contributed by atoms with Crippen LogP contribution in [-0.4, -0.2) is 15.9 Å². The highest BCUT2D eigenvalue weighted by atomic mass is 32.1. The van der Waals surface area contributed by atoms with E-state index in [1.54, 1.807) is 6.21 Å². The van der Waals surface area contributed by atoms with Crippen LogP contribution in [0.1, 0.15) is 5.69 Å². The SMILES string of the molecule is S=C(N/N=C\c1cccn1-c1ccc2ccccc2c1)Nc1ccccc1. The monoisotopic (exact) mass is 370 g/mol. The number of nitrogens with zero attached hydrogens (tertiary/aromatic N) is 2. The van der Waals surface area contributed by atoms with Gasteiger partial charge in [-0.1, -0.05) is 48.5 Å². The molecule has 0 spiro atoms. The van der Waals surface area contributed by atoms with Gasteiger partial charge in [-0.2, -0.15) is 5.10 Å². The second-order valence-corrected chi connectivity index (χ2v) is 6.43. The van der Waals surface area contributed by atoms with Crippen molar-refractivity contribution in [3.05, 3.63) is 96.8 Å². The minimum absolute atomic E-state index is 0.446. The number of nitrogens with one attached hydrogen (secondary N) is 2. The normalized spacial score (nSPS) is 11.0. The van der Waals surface area contributed by atoms with E-state index in [0.29, 0.717) is 5.11 Å². The van der Waals surface area contributed by atoms with E-state index < -0.39 is 0 Å². The van der Waals surface area contributed by atoms with Gasteiger partial charge >= 0.3 is 0 Å². The molecular weight excluding hydrogens is 352 g/mol. The standard InChI is InChI=1S/C22H18N4S/c27-22(24-19-9-2-1-3-10-19)25-23-16-21-11-6-14-26(21)20-13-12-17-7-4-5-8-18(17)15-20/h1-16H,(H2,24,25,27)/b23-16-. The zero-order valence-electron chi connectivity index (χ0n) is 14.5. The Bertz CT molecular complexity index is 1100. The van der Waals surface area contributed by atoms with Gasteiger partial charge in [-0.25, -0.2) is 0 Å². The molecule has 4 aromatic rings. The van der Waals surface area contributed by atoms with Crippen molar-refractivity contribution in [2.24, 2.45) is 5.10 Å². The van der Waals surface area contributed by atoms with Crippen LogP contribution in [0.15, 0.2) is 96.2 Å². The molecule has 0 bridgehead atoms. The summed E-state index contributed by atoms with van der Waals surface area (Å²) in [6.45, 7) is 0. The van der Waals surface area contributed by atoms with Crippen LogP contribution in [0.5, 0.6) is 0 Å². The van der Waals surface area contributed by atoms with Gasteiger partial charge in [0.05, 0.1) is 11.9 Å². The number of fused-ring (bicyclic) bond motifs is 1. The Labute approximate surface area is 163 Å². The van der Waals surface area contributed by atoms with E-state index in [-0.39, 0.29) is 0 Å². The van der Waals surface area contributed by atoms with Crippen LogP contribution in [0.25, 0.3) is 16.5 Å². The topological polar surface area (TPSA) is 41.4 Å². The Hall–Kier alpha value is -3.44. The molecule has 0 saturated heterocycles. The van der Waals surface area contributed by atoms with Crippen molar-refractivity contribution in [1.82, 2.24) is 9.99 Å². The summed E-state index contributed by atoms with van der Waals surface area (Å²) in [5.41, 5.74) is 5.82. The fraction of sp³-hybridized carbons (Fsp3) is 0. The first-order chi connectivity index (χ1) is 13.3. The highest BCUT2D eigenvalue weighted by molar-refractivity contribution is 7.80. The molecule has 2 N–H and O–H groups in total. The Balaban J connectivity index is 1.48. The van der Waals surface area contributed by atoms with Crippen molar-refractivity contribution in [3.63, 3.8) is 0 Å². The number of para-hydroxylation sites is 1. The minimum Gasteiger partial charge on any atom is -0.331 e. The number of hydrogen-bond acceptors (Lipinski definition) is 2. The lowest BCUT2D eigenvalue weighted by Gasteiger charge is -2.09. The van der Waals surface area contributed by atoms with E-state index in [9.17, 15) is 0 Å². The van der Waals surface area contributed by atoms with Crippen LogP contribution < -0.4 is 10.7 Å². The zero-order valence-corrected chi connectivity index (χ0v) is 15.4. The van der Waals surface area contributed by atoms with E-state index in [1.165, 1.54) is 10.8 Å². The molecule has 132 valence electrons. The Morgan fingerprint density at radius 1 is 0.852 bits per heavy atom. The summed E-state index contributed by atoms with van der Waals surface area (Å²) in [5.74, 6) is 0. The van der Waals surface area contributed by atoms with E-state index in [4.69, 9.17) is 12.2 Å². The molecular formula is C22H18N4S. The average Bonchev–Trinajstić information content (AvgIpc) is 3.17. The summed E-state index contributed by atoms with van der Waals surface area (Å²) in [6.07, 6.45) is 3.78. The number of benzene rings is 3. The van der Waals surface area contributed by atoms with Gasteiger partial charge < -0.3 is 9.88 Å². The van der Waals surface area contributed by atoms with Gasteiger partial charge in [0.15, 0.2) is 5.11 Å². The van der Waals surface area contributed by atoms with Crippen molar-refractivity contribution in [1.29, 1.82) is 0 Å². The van der Waals surface area contributed by atoms with Gasteiger partial charge in [0, 0.05) is 17.6 Å². The minimum atomic E-state index is 0.446. The van der Waals surface area contributed by atoms with Crippen LogP contribution in [0.3, 0.4) is 0 Å². The van der Waals surface area contributed by atoms with E-state index in [2.05, 4.69) is 56.8 Å². The lowest BCUT2D eigenvalue weighted by Crippen LogP contribution is -2.23. The lowest BCUT2D eigenvalue weighted by atomic mass is 10.1. The van der Waals surface area contributed by atoms with Crippen molar-refractivity contribution in [2.45, 2.75) is 0 Å². The number of thiocarbonyl (C=S) groups is 1. The molecule has 0 aliphatic carbocycles. The van der Waals surface area contributed by atoms with Crippen molar-refractivity contribution < 1.29 is 0 Å². The third-order valence-corrected chi connectivity index (χ3v) is 4.38. The predicted molar refractivity (Wildman–Crippen MR) is 117 cm³/mol. The molecule has 0 aliphatic heterocycles. The number of aromatic nitrogens is 1. The highest BCUT2D eigenvalue weighted by Crippen LogP contribution is 2.19. The van der Waals surface area contributed by atoms with Crippen molar-refractivity contribution in [3.8, 4) is 5.69 Å². The fourth-order valence-corrected chi connectivity index (χ4v) is 3.07. The Kier molecular flexibility index (Phi) is 4.94. The smallest absolute Gasteiger partial charge is 0.191 e. The first kappa shape index (κ1) is 17.0. The molecule has 1 heterocycles. The third-order valence-electron chi connectivity index (χ3n) is 4.19. The quantitative estimate of drug-likeness (QED) is 0.303. The molecule has 0 saturated carbocycles. The van der Waals surface area contributed by atoms with Crippen LogP contribution >= 0.6 is 12.2 Å². The van der Waals surface area contributed by atoms with Crippen LogP contribution in [0, 0.1) is 0 Å². The molecule has 1 aromatic heterocycles. The Morgan fingerprint density at radius 3 is 2.48 bits per heavy atom. The summed E-state index contributed by atoms with van der Waals surface area (Å²) in [4.78, 5) is 0. The number of hydrogen-bond donors (Lipinski definition) is 2. The van der Waals surface area contributed by atoms with Gasteiger partial charge in [0.2, 0.25) is 0 Å². The molecule has 5 heteroatoms. The van der Waals surface area contributed by atoms with Crippen molar-refractivity contribution in [2.75, 3.05) is 5.32 Å². The maximum atomic E-state index is 5.27. The molecule has 27 heavy (non-hydrogen) atoms. The average molecular weight is 370 g/mol. The maximum absolute atomic E-state index is 5.27. The molecule has 0 fully saturated rings. The molecule has 0 radical (unpaired) electrons. The predicted octanol–water partition coefficient (Wildman–Crippen LogP) is 4.95. The van der Waals surface area contributed by atoms with E-state index in [0.717, 1.165) is 17.1 Å². The van der Waals surface area contributed by atoms with E-state index in [1.807, 2.05) is 54.7 Å². The first-order valence-corrected chi connectivity index (χ1v) is 9.02. The Morgan fingerprint density at radius 2 is 1.63 bits per heavy atom.